The van der Waals surface area contributed by atoms with E-state index in [1.54, 1.807) is 0 Å². The predicted molar refractivity (Wildman–Crippen MR) is 93.3 cm³/mol. The van der Waals surface area contributed by atoms with E-state index in [-0.39, 0.29) is 5.91 Å². The van der Waals surface area contributed by atoms with Crippen LogP contribution in [-0.2, 0) is 11.3 Å². The normalized spacial score (nSPS) is 18.0. The second-order valence-corrected chi connectivity index (χ2v) is 6.38. The molecule has 1 aliphatic heterocycles. The third-order valence-corrected chi connectivity index (χ3v) is 4.51. The molecule has 1 saturated heterocycles. The zero-order valence-corrected chi connectivity index (χ0v) is 13.8. The van der Waals surface area contributed by atoms with Crippen molar-refractivity contribution >= 4 is 17.5 Å². The number of rotatable bonds is 5. The molecule has 0 spiro atoms. The van der Waals surface area contributed by atoms with Crippen LogP contribution < -0.4 is 5.32 Å². The molecule has 3 rings (SSSR count). The third kappa shape index (κ3) is 4.34. The first kappa shape index (κ1) is 16.0. The number of hydrogen-bond acceptors (Lipinski definition) is 2. The molecular weight excluding hydrogens is 308 g/mol. The van der Waals surface area contributed by atoms with Crippen LogP contribution in [0.15, 0.2) is 54.6 Å². The topological polar surface area (TPSA) is 32.3 Å². The lowest BCUT2D eigenvalue weighted by Gasteiger charge is -2.24. The van der Waals surface area contributed by atoms with Gasteiger partial charge in [0.25, 0.3) is 0 Å². The van der Waals surface area contributed by atoms with E-state index in [2.05, 4.69) is 34.5 Å². The van der Waals surface area contributed by atoms with Crippen LogP contribution in [0.4, 0.5) is 0 Å². The fraction of sp³-hybridized carbons (Fsp3) is 0.316. The van der Waals surface area contributed by atoms with E-state index in [1.165, 1.54) is 5.56 Å². The first-order valence-electron chi connectivity index (χ1n) is 8.02. The van der Waals surface area contributed by atoms with Gasteiger partial charge >= 0.3 is 0 Å². The number of nitrogens with zero attached hydrogens (tertiary/aromatic N) is 1. The van der Waals surface area contributed by atoms with Crippen LogP contribution in [0.25, 0.3) is 0 Å². The summed E-state index contributed by atoms with van der Waals surface area (Å²) in [5.41, 5.74) is 2.32. The van der Waals surface area contributed by atoms with Gasteiger partial charge in [-0.15, -0.1) is 0 Å². The van der Waals surface area contributed by atoms with Crippen molar-refractivity contribution < 1.29 is 4.79 Å². The molecule has 1 aliphatic rings. The third-order valence-electron chi connectivity index (χ3n) is 4.27. The van der Waals surface area contributed by atoms with Gasteiger partial charge in [0.15, 0.2) is 0 Å². The molecule has 23 heavy (non-hydrogen) atoms. The highest BCUT2D eigenvalue weighted by Gasteiger charge is 2.27. The van der Waals surface area contributed by atoms with Crippen LogP contribution in [0, 0.1) is 0 Å². The molecule has 2 aromatic rings. The lowest BCUT2D eigenvalue weighted by atomic mass is 10.0. The average Bonchev–Trinajstić information content (AvgIpc) is 3.02. The lowest BCUT2D eigenvalue weighted by Crippen LogP contribution is -2.36. The van der Waals surface area contributed by atoms with Gasteiger partial charge in [0.1, 0.15) is 0 Å². The van der Waals surface area contributed by atoms with E-state index in [0.29, 0.717) is 24.2 Å². The Morgan fingerprint density at radius 2 is 2.00 bits per heavy atom. The van der Waals surface area contributed by atoms with Gasteiger partial charge in [-0.2, -0.15) is 0 Å². The van der Waals surface area contributed by atoms with Crippen molar-refractivity contribution in [3.63, 3.8) is 0 Å². The van der Waals surface area contributed by atoms with Crippen molar-refractivity contribution in [3.8, 4) is 0 Å². The molecule has 1 N–H and O–H groups in total. The van der Waals surface area contributed by atoms with Gasteiger partial charge in [0.2, 0.25) is 5.91 Å². The Hall–Kier alpha value is -1.84. The average molecular weight is 329 g/mol. The van der Waals surface area contributed by atoms with Gasteiger partial charge in [-0.3, -0.25) is 9.69 Å². The minimum absolute atomic E-state index is 0.0628. The van der Waals surface area contributed by atoms with Crippen molar-refractivity contribution in [1.29, 1.82) is 0 Å². The quantitative estimate of drug-likeness (QED) is 0.905. The predicted octanol–water partition coefficient (Wildman–Crippen LogP) is 3.79. The van der Waals surface area contributed by atoms with Crippen molar-refractivity contribution in [3.05, 3.63) is 70.7 Å². The first-order chi connectivity index (χ1) is 11.2. The summed E-state index contributed by atoms with van der Waals surface area (Å²) in [7, 11) is 0. The standard InChI is InChI=1S/C19H21ClN2O/c20-17-9-4-6-15(12-17)13-21-19(23)14-22-11-5-10-18(22)16-7-2-1-3-8-16/h1-4,6-9,12,18H,5,10-11,13-14H2,(H,21,23)/t18-/m0/s1. The Labute approximate surface area is 142 Å². The summed E-state index contributed by atoms with van der Waals surface area (Å²) >= 11 is 5.96. The van der Waals surface area contributed by atoms with Crippen LogP contribution in [0.5, 0.6) is 0 Å². The van der Waals surface area contributed by atoms with Gasteiger partial charge in [-0.25, -0.2) is 0 Å². The van der Waals surface area contributed by atoms with E-state index in [1.807, 2.05) is 30.3 Å². The number of carbonyl (C=O) groups is 1. The SMILES string of the molecule is O=C(CN1CCC[C@H]1c1ccccc1)NCc1cccc(Cl)c1. The summed E-state index contributed by atoms with van der Waals surface area (Å²) in [4.78, 5) is 14.5. The summed E-state index contributed by atoms with van der Waals surface area (Å²) < 4.78 is 0. The fourth-order valence-corrected chi connectivity index (χ4v) is 3.37. The molecule has 0 bridgehead atoms. The maximum Gasteiger partial charge on any atom is 0.234 e. The van der Waals surface area contributed by atoms with Gasteiger partial charge < -0.3 is 5.32 Å². The smallest absolute Gasteiger partial charge is 0.234 e. The maximum absolute atomic E-state index is 12.2. The summed E-state index contributed by atoms with van der Waals surface area (Å²) in [5, 5.41) is 3.68. The van der Waals surface area contributed by atoms with E-state index >= 15 is 0 Å². The minimum atomic E-state index is 0.0628. The molecule has 3 nitrogen and oxygen atoms in total. The Bertz CT molecular complexity index is 659. The van der Waals surface area contributed by atoms with E-state index in [0.717, 1.165) is 24.9 Å². The summed E-state index contributed by atoms with van der Waals surface area (Å²) in [6.07, 6.45) is 2.26. The number of carbonyl (C=O) groups excluding carboxylic acids is 1. The molecule has 1 amide bonds. The van der Waals surface area contributed by atoms with Crippen LogP contribution in [0.1, 0.15) is 30.0 Å². The zero-order chi connectivity index (χ0) is 16.1. The van der Waals surface area contributed by atoms with Gasteiger partial charge in [0, 0.05) is 17.6 Å². The number of hydrogen-bond donors (Lipinski definition) is 1. The molecule has 1 heterocycles. The molecule has 0 saturated carbocycles. The highest BCUT2D eigenvalue weighted by atomic mass is 35.5. The van der Waals surface area contributed by atoms with Crippen LogP contribution >= 0.6 is 11.6 Å². The fourth-order valence-electron chi connectivity index (χ4n) is 3.16. The van der Waals surface area contributed by atoms with Crippen molar-refractivity contribution in [2.75, 3.05) is 13.1 Å². The second-order valence-electron chi connectivity index (χ2n) is 5.95. The maximum atomic E-state index is 12.2. The molecule has 0 unspecified atom stereocenters. The zero-order valence-electron chi connectivity index (χ0n) is 13.0. The van der Waals surface area contributed by atoms with E-state index < -0.39 is 0 Å². The number of amides is 1. The Kier molecular flexibility index (Phi) is 5.31. The molecule has 4 heteroatoms. The van der Waals surface area contributed by atoms with E-state index in [4.69, 9.17) is 11.6 Å². The molecule has 0 aromatic heterocycles. The molecular formula is C19H21ClN2O. The van der Waals surface area contributed by atoms with E-state index in [9.17, 15) is 4.79 Å². The van der Waals surface area contributed by atoms with Crippen LogP contribution in [0.3, 0.4) is 0 Å². The van der Waals surface area contributed by atoms with Crippen LogP contribution in [0.2, 0.25) is 5.02 Å². The summed E-state index contributed by atoms with van der Waals surface area (Å²) in [6.45, 7) is 1.94. The van der Waals surface area contributed by atoms with Crippen molar-refractivity contribution in [2.45, 2.75) is 25.4 Å². The minimum Gasteiger partial charge on any atom is -0.351 e. The second kappa shape index (κ2) is 7.62. The summed E-state index contributed by atoms with van der Waals surface area (Å²) in [5.74, 6) is 0.0628. The van der Waals surface area contributed by atoms with Crippen molar-refractivity contribution in [1.82, 2.24) is 10.2 Å². The molecule has 0 aliphatic carbocycles. The monoisotopic (exact) mass is 328 g/mol. The lowest BCUT2D eigenvalue weighted by molar-refractivity contribution is -0.122. The highest BCUT2D eigenvalue weighted by Crippen LogP contribution is 2.31. The number of benzene rings is 2. The Morgan fingerprint density at radius 1 is 1.17 bits per heavy atom. The summed E-state index contributed by atoms with van der Waals surface area (Å²) in [6, 6.07) is 18.4. The van der Waals surface area contributed by atoms with Gasteiger partial charge in [0.05, 0.1) is 6.54 Å². The number of nitrogens with one attached hydrogen (secondary N) is 1. The van der Waals surface area contributed by atoms with Crippen molar-refractivity contribution in [2.24, 2.45) is 0 Å². The van der Waals surface area contributed by atoms with Gasteiger partial charge in [-0.05, 0) is 42.6 Å². The number of likely N-dealkylation sites (tertiary alicyclic amines) is 1. The Morgan fingerprint density at radius 3 is 2.78 bits per heavy atom. The van der Waals surface area contributed by atoms with Gasteiger partial charge in [-0.1, -0.05) is 54.1 Å². The number of halogens is 1. The molecule has 120 valence electrons. The first-order valence-corrected chi connectivity index (χ1v) is 8.40. The van der Waals surface area contributed by atoms with Crippen LogP contribution in [-0.4, -0.2) is 23.9 Å². The molecule has 1 fully saturated rings. The molecule has 2 aromatic carbocycles. The Balaban J connectivity index is 1.55. The highest BCUT2D eigenvalue weighted by molar-refractivity contribution is 6.30. The molecule has 1 atom stereocenters. The molecule has 0 radical (unpaired) electrons. The largest absolute Gasteiger partial charge is 0.351 e.